The molecular formula is C101H102Cl2N6O2Ru2-2. The van der Waals surface area contributed by atoms with Crippen LogP contribution in [0.3, 0.4) is 0 Å². The fraction of sp³-hybridized carbons (Fsp3) is 0.188. The van der Waals surface area contributed by atoms with E-state index in [2.05, 4.69) is 284 Å². The third kappa shape index (κ3) is 21.2. The normalized spacial score (nSPS) is 14.1. The van der Waals surface area contributed by atoms with E-state index >= 15 is 0 Å². The molecule has 4 aliphatic rings. The molecule has 2 aliphatic heterocycles. The van der Waals surface area contributed by atoms with Gasteiger partial charge in [0.15, 0.2) is 0 Å². The van der Waals surface area contributed by atoms with Crippen molar-refractivity contribution in [3.63, 3.8) is 0 Å². The van der Waals surface area contributed by atoms with Gasteiger partial charge in [0.1, 0.15) is 11.5 Å². The summed E-state index contributed by atoms with van der Waals surface area (Å²) in [6, 6.07) is 84.5. The van der Waals surface area contributed by atoms with Crippen LogP contribution < -0.4 is 19.6 Å². The van der Waals surface area contributed by atoms with Crippen LogP contribution in [0.25, 0.3) is 11.1 Å². The Bertz CT molecular complexity index is 5040. The summed E-state index contributed by atoms with van der Waals surface area (Å²) in [5, 5.41) is 19.2. The number of halogens is 2. The van der Waals surface area contributed by atoms with Gasteiger partial charge in [-0.1, -0.05) is 131 Å². The minimum atomic E-state index is -0.218. The van der Waals surface area contributed by atoms with Gasteiger partial charge in [0.05, 0.1) is 11.4 Å². The molecule has 2 fully saturated rings. The molecule has 8 nitrogen and oxygen atoms in total. The summed E-state index contributed by atoms with van der Waals surface area (Å²) in [4.78, 5) is 18.4. The van der Waals surface area contributed by atoms with Gasteiger partial charge in [-0.05, 0) is 195 Å². The van der Waals surface area contributed by atoms with Gasteiger partial charge in [-0.15, -0.1) is 0 Å². The topological polar surface area (TPSA) is 78.1 Å². The van der Waals surface area contributed by atoms with E-state index in [0.29, 0.717) is 0 Å². The molecule has 12 aromatic carbocycles. The number of aromatic hydroxyl groups is 2. The molecule has 16 rings (SSSR count). The van der Waals surface area contributed by atoms with E-state index in [1.54, 1.807) is 36.7 Å². The van der Waals surface area contributed by atoms with Crippen LogP contribution in [-0.4, -0.2) is 57.0 Å². The first-order valence-electron chi connectivity index (χ1n) is 38.3. The van der Waals surface area contributed by atoms with E-state index in [-0.39, 0.29) is 42.9 Å². The Morgan fingerprint density at radius 1 is 0.310 bits per heavy atom. The Kier molecular flexibility index (Phi) is 29.3. The third-order valence-corrected chi connectivity index (χ3v) is 24.1. The summed E-state index contributed by atoms with van der Waals surface area (Å²) in [5.41, 5.74) is 38.8. The Morgan fingerprint density at radius 2 is 0.593 bits per heavy atom. The van der Waals surface area contributed by atoms with Gasteiger partial charge in [-0.25, -0.2) is 0 Å². The van der Waals surface area contributed by atoms with Crippen molar-refractivity contribution in [2.45, 2.75) is 104 Å². The Hall–Kier alpha value is -10.2. The zero-order valence-corrected chi connectivity index (χ0v) is 72.5. The van der Waals surface area contributed by atoms with Crippen LogP contribution in [0.15, 0.2) is 271 Å². The predicted octanol–water partition coefficient (Wildman–Crippen LogP) is 25.0. The number of aryl methyl sites for hydroxylation is 15. The second-order valence-electron chi connectivity index (χ2n) is 29.4. The minimum absolute atomic E-state index is 0.218. The van der Waals surface area contributed by atoms with Crippen molar-refractivity contribution < 1.29 is 41.6 Å². The summed E-state index contributed by atoms with van der Waals surface area (Å²) in [6.45, 7) is 41.2. The van der Waals surface area contributed by atoms with Gasteiger partial charge < -0.3 is 29.8 Å². The zero-order valence-electron chi connectivity index (χ0n) is 67.5. The van der Waals surface area contributed by atoms with Crippen molar-refractivity contribution >= 4 is 85.3 Å². The number of allylic oxidation sites excluding steroid dienone is 2. The average molecular weight is 1710 g/mol. The van der Waals surface area contributed by atoms with E-state index in [4.69, 9.17) is 19.4 Å². The van der Waals surface area contributed by atoms with Crippen LogP contribution in [-0.2, 0) is 31.4 Å². The monoisotopic (exact) mass is 1700 g/mol. The van der Waals surface area contributed by atoms with Crippen LogP contribution in [0.5, 0.6) is 11.5 Å². The number of phenols is 2. The number of rotatable bonds is 10. The van der Waals surface area contributed by atoms with E-state index in [1.807, 2.05) is 99.6 Å². The van der Waals surface area contributed by atoms with E-state index in [1.165, 1.54) is 142 Å². The number of nitrogens with zero attached hydrogens (tertiary/aromatic N) is 6. The second-order valence-corrected chi connectivity index (χ2v) is 33.5. The van der Waals surface area contributed by atoms with Crippen molar-refractivity contribution in [3.05, 3.63) is 402 Å². The first-order valence-corrected chi connectivity index (χ1v) is 44.5. The van der Waals surface area contributed by atoms with Crippen LogP contribution in [0.2, 0.25) is 0 Å². The number of aliphatic imine (C=N–C) groups is 2. The van der Waals surface area contributed by atoms with Crippen molar-refractivity contribution in [2.75, 3.05) is 45.8 Å². The summed E-state index contributed by atoms with van der Waals surface area (Å²) in [5.74, 6) is 0.502. The summed E-state index contributed by atoms with van der Waals surface area (Å²) in [6.07, 6.45) is 7.86. The third-order valence-electron chi connectivity index (χ3n) is 20.3. The predicted molar refractivity (Wildman–Crippen MR) is 478 cm³/mol. The number of benzene rings is 12. The molecule has 0 atom stereocenters. The molecule has 0 spiro atoms. The molecule has 2 saturated heterocycles. The Balaban J connectivity index is 0.000000135. The van der Waals surface area contributed by atoms with Crippen LogP contribution in [0, 0.1) is 117 Å². The molecule has 0 unspecified atom stereocenters. The summed E-state index contributed by atoms with van der Waals surface area (Å²) in [7, 11) is 12.2. The molecule has 0 bridgehead atoms. The Labute approximate surface area is 694 Å². The molecular weight excluding hydrogens is 1600 g/mol. The van der Waals surface area contributed by atoms with Crippen molar-refractivity contribution in [3.8, 4) is 11.5 Å². The number of hydrogen-bond donors (Lipinski definition) is 2. The number of anilines is 4. The molecule has 0 aromatic heterocycles. The summed E-state index contributed by atoms with van der Waals surface area (Å²) >= 11 is -0.436. The second kappa shape index (κ2) is 39.5. The van der Waals surface area contributed by atoms with Crippen molar-refractivity contribution in [1.29, 1.82) is 0 Å². The molecule has 2 heterocycles. The molecule has 580 valence electrons. The van der Waals surface area contributed by atoms with Crippen LogP contribution >= 0.6 is 19.4 Å². The van der Waals surface area contributed by atoms with Gasteiger partial charge in [-0.2, -0.15) is 13.3 Å². The molecule has 12 heteroatoms. The van der Waals surface area contributed by atoms with Gasteiger partial charge >= 0.3 is 225 Å². The molecule has 0 saturated carbocycles. The fourth-order valence-corrected chi connectivity index (χ4v) is 18.7. The molecule has 0 amide bonds. The first kappa shape index (κ1) is 83.8. The maximum atomic E-state index is 9.64. The standard InChI is InChI=1S/2C21H27N2.C15H15NO.2C15H10.C14H13NO.2ClH.2Ru/c2*1-14-9-16(3)20(17(4)10-14)22-7-8-23(13-22)21-18(5)11-15(2)12-19(21)6;1-11-6-5-7-12(2)15(11)16-10-13-8-3-4-9-14(13)17;2*1-2-6-12(7-3-1)15-11-10-13-8-4-5-9-14(13)15;1-11-6-2-4-8-13(11)15-10-12-7-3-5-9-14(12)16;;;;/h2*9-13H,7-8H2,1-6H3;3-10,17H,1-2H3;2*1-9,11H;2-10,16H,1H3;2*1H;;/q2*-1;;;;;;;2*+1/p-2. The molecule has 12 aromatic rings. The molecule has 2 N–H and O–H groups in total. The molecule has 113 heavy (non-hydrogen) atoms. The summed E-state index contributed by atoms with van der Waals surface area (Å²) < 4.78 is 2.60. The molecule has 2 aliphatic carbocycles. The number of para-hydroxylation sites is 4. The van der Waals surface area contributed by atoms with Crippen LogP contribution in [0.1, 0.15) is 128 Å². The van der Waals surface area contributed by atoms with Gasteiger partial charge in [0, 0.05) is 72.5 Å². The number of phenolic OH excluding ortho intramolecular Hbond substituents is 2. The first-order chi connectivity index (χ1) is 54.5. The number of fused-ring (bicyclic) bond motifs is 2. The fourth-order valence-electron chi connectivity index (χ4n) is 15.6. The average Bonchev–Trinajstić information content (AvgIpc) is 1.66. The Morgan fingerprint density at radius 3 is 0.920 bits per heavy atom. The van der Waals surface area contributed by atoms with E-state index < -0.39 is 0 Å². The molecule has 0 radical (unpaired) electrons. The zero-order chi connectivity index (χ0) is 80.4. The van der Waals surface area contributed by atoms with Gasteiger partial charge in [0.25, 0.3) is 0 Å². The van der Waals surface area contributed by atoms with Gasteiger partial charge in [-0.3, -0.25) is 9.98 Å². The van der Waals surface area contributed by atoms with Crippen molar-refractivity contribution in [1.82, 2.24) is 0 Å². The number of hydrogen-bond acceptors (Lipinski definition) is 8. The van der Waals surface area contributed by atoms with Crippen LogP contribution in [0.4, 0.5) is 34.1 Å². The SMILES string of the molecule is Cc1cc(C)c(N2[CH-]N(c3c(C)cc(C)cc3C)CC2)c(C)c1.Cc1cc(C)c(N2[CH-]N(c3c(C)cc(C)cc3C)CC2)c(C)c1.Cc1cccc(C)c1N=Cc1ccccc1O.Cc1ccccc1N=Cc1ccccc1O.[Cl][Ru]=[C]1C=C(c2ccccc2)c2ccccc21.[Cl][Ru]=[C]1C=C(c2ccccc2)c2ccccc21. The van der Waals surface area contributed by atoms with Crippen molar-refractivity contribution in [2.24, 2.45) is 9.98 Å². The van der Waals surface area contributed by atoms with Gasteiger partial charge in [0.2, 0.25) is 0 Å². The maximum absolute atomic E-state index is 9.64. The van der Waals surface area contributed by atoms with E-state index in [9.17, 15) is 10.2 Å². The quantitative estimate of drug-likeness (QED) is 0.0807. The van der Waals surface area contributed by atoms with E-state index in [0.717, 1.165) is 65.4 Å².